The molecule has 0 radical (unpaired) electrons. The van der Waals surface area contributed by atoms with Crippen molar-refractivity contribution in [3.63, 3.8) is 0 Å². The van der Waals surface area contributed by atoms with E-state index in [0.717, 1.165) is 23.2 Å². The van der Waals surface area contributed by atoms with E-state index < -0.39 is 5.97 Å². The molecular weight excluding hydrogens is 342 g/mol. The molecule has 3 rings (SSSR count). The predicted octanol–water partition coefficient (Wildman–Crippen LogP) is 3.06. The molecule has 3 aromatic rings. The minimum atomic E-state index is -0.514. The van der Waals surface area contributed by atoms with Crippen LogP contribution in [0.3, 0.4) is 0 Å². The van der Waals surface area contributed by atoms with Crippen molar-refractivity contribution in [2.24, 2.45) is 0 Å². The molecule has 7 heteroatoms. The minimum absolute atomic E-state index is 0.146. The predicted molar refractivity (Wildman–Crippen MR) is 104 cm³/mol. The molecule has 0 N–H and O–H groups in total. The Morgan fingerprint density at radius 1 is 1.19 bits per heavy atom. The summed E-state index contributed by atoms with van der Waals surface area (Å²) in [6.07, 6.45) is 4.38. The highest BCUT2D eigenvalue weighted by molar-refractivity contribution is 5.91. The first-order valence-electron chi connectivity index (χ1n) is 8.92. The number of esters is 1. The summed E-state index contributed by atoms with van der Waals surface area (Å²) in [4.78, 5) is 14.3. The smallest absolute Gasteiger partial charge is 0.361 e. The summed E-state index contributed by atoms with van der Waals surface area (Å²) >= 11 is 0. The van der Waals surface area contributed by atoms with Crippen LogP contribution in [0.5, 0.6) is 0 Å². The number of nitrogens with zero attached hydrogens (tertiary/aromatic N) is 5. The summed E-state index contributed by atoms with van der Waals surface area (Å²) in [5, 5.41) is 13.2. The van der Waals surface area contributed by atoms with Crippen LogP contribution in [0.15, 0.2) is 36.5 Å². The third kappa shape index (κ3) is 3.67. The Morgan fingerprint density at radius 3 is 2.56 bits per heavy atom. The van der Waals surface area contributed by atoms with Crippen molar-refractivity contribution < 1.29 is 9.53 Å². The zero-order valence-electron chi connectivity index (χ0n) is 16.0. The monoisotopic (exact) mass is 365 g/mol. The number of carbonyl (C=O) groups excluding carboxylic acids is 1. The molecule has 2 heterocycles. The van der Waals surface area contributed by atoms with Crippen LogP contribution in [-0.2, 0) is 11.2 Å². The first-order chi connectivity index (χ1) is 13.1. The average molecular weight is 365 g/mol. The lowest BCUT2D eigenvalue weighted by molar-refractivity contribution is 0.0517. The number of benzene rings is 1. The lowest BCUT2D eigenvalue weighted by atomic mass is 10.0. The number of aryl methyl sites for hydroxylation is 1. The number of hydrogen-bond acceptors (Lipinski definition) is 6. The topological polar surface area (TPSA) is 72.6 Å². The van der Waals surface area contributed by atoms with E-state index in [-0.39, 0.29) is 12.3 Å². The van der Waals surface area contributed by atoms with E-state index in [1.807, 2.05) is 62.5 Å². The van der Waals surface area contributed by atoms with Crippen LogP contribution in [-0.4, -0.2) is 51.4 Å². The van der Waals surface area contributed by atoms with Crippen molar-refractivity contribution in [1.29, 1.82) is 0 Å². The van der Waals surface area contributed by atoms with E-state index in [1.165, 1.54) is 0 Å². The largest absolute Gasteiger partial charge is 0.461 e. The van der Waals surface area contributed by atoms with Gasteiger partial charge in [0.1, 0.15) is 5.69 Å². The van der Waals surface area contributed by atoms with Gasteiger partial charge in [-0.15, -0.1) is 10.2 Å². The van der Waals surface area contributed by atoms with Crippen LogP contribution in [0.25, 0.3) is 22.9 Å². The van der Waals surface area contributed by atoms with E-state index in [9.17, 15) is 4.79 Å². The summed E-state index contributed by atoms with van der Waals surface area (Å²) in [6.45, 7) is 4.07. The van der Waals surface area contributed by atoms with Crippen molar-refractivity contribution >= 4 is 17.7 Å². The average Bonchev–Trinajstić information content (AvgIpc) is 3.05. The van der Waals surface area contributed by atoms with Gasteiger partial charge in [0.2, 0.25) is 0 Å². The number of rotatable bonds is 6. The Bertz CT molecular complexity index is 977. The van der Waals surface area contributed by atoms with Crippen molar-refractivity contribution in [3.05, 3.63) is 53.6 Å². The summed E-state index contributed by atoms with van der Waals surface area (Å²) in [5.41, 5.74) is 4.15. The number of aromatic nitrogens is 4. The van der Waals surface area contributed by atoms with Gasteiger partial charge in [0.05, 0.1) is 17.9 Å². The first kappa shape index (κ1) is 18.6. The second-order valence-corrected chi connectivity index (χ2v) is 6.21. The van der Waals surface area contributed by atoms with Crippen LogP contribution in [0, 0.1) is 0 Å². The molecule has 0 spiro atoms. The highest BCUT2D eigenvalue weighted by Crippen LogP contribution is 2.29. The highest BCUT2D eigenvalue weighted by atomic mass is 16.5. The maximum Gasteiger partial charge on any atom is 0.361 e. The number of ether oxygens (including phenoxy) is 1. The van der Waals surface area contributed by atoms with Crippen LogP contribution in [0.1, 0.15) is 35.7 Å². The van der Waals surface area contributed by atoms with Gasteiger partial charge in [0.25, 0.3) is 0 Å². The molecule has 2 aromatic heterocycles. The molecule has 140 valence electrons. The molecule has 27 heavy (non-hydrogen) atoms. The molecule has 1 aromatic carbocycles. The fraction of sp³-hybridized carbons (Fsp3) is 0.300. The molecule has 0 aliphatic rings. The van der Waals surface area contributed by atoms with E-state index in [1.54, 1.807) is 17.5 Å². The number of hydrogen-bond donors (Lipinski definition) is 0. The molecule has 7 nitrogen and oxygen atoms in total. The quantitative estimate of drug-likeness (QED) is 0.625. The van der Waals surface area contributed by atoms with Gasteiger partial charge in [-0.1, -0.05) is 37.3 Å². The second-order valence-electron chi connectivity index (χ2n) is 6.21. The molecule has 0 saturated carbocycles. The van der Waals surface area contributed by atoms with E-state index in [4.69, 9.17) is 9.84 Å². The molecule has 0 fully saturated rings. The Kier molecular flexibility index (Phi) is 5.49. The summed E-state index contributed by atoms with van der Waals surface area (Å²) in [6, 6.07) is 9.96. The Morgan fingerprint density at radius 2 is 1.93 bits per heavy atom. The minimum Gasteiger partial charge on any atom is -0.461 e. The van der Waals surface area contributed by atoms with Gasteiger partial charge in [0, 0.05) is 20.3 Å². The highest BCUT2D eigenvalue weighted by Gasteiger charge is 2.22. The van der Waals surface area contributed by atoms with Gasteiger partial charge in [-0.3, -0.25) is 0 Å². The third-order valence-corrected chi connectivity index (χ3v) is 4.05. The van der Waals surface area contributed by atoms with Gasteiger partial charge < -0.3 is 9.64 Å². The summed E-state index contributed by atoms with van der Waals surface area (Å²) in [7, 11) is 3.81. The normalized spacial score (nSPS) is 11.3. The number of carbonyl (C=O) groups is 1. The van der Waals surface area contributed by atoms with E-state index in [2.05, 4.69) is 10.2 Å². The Hall–Kier alpha value is -3.22. The van der Waals surface area contributed by atoms with Crippen molar-refractivity contribution in [2.45, 2.75) is 20.3 Å². The van der Waals surface area contributed by atoms with Gasteiger partial charge in [-0.2, -0.15) is 5.10 Å². The van der Waals surface area contributed by atoms with Crippen LogP contribution in [0.4, 0.5) is 0 Å². The van der Waals surface area contributed by atoms with Crippen molar-refractivity contribution in [3.8, 4) is 11.1 Å². The molecule has 0 aliphatic heterocycles. The Labute approximate surface area is 158 Å². The zero-order chi connectivity index (χ0) is 19.4. The van der Waals surface area contributed by atoms with Gasteiger partial charge >= 0.3 is 5.97 Å². The first-order valence-corrected chi connectivity index (χ1v) is 8.92. The summed E-state index contributed by atoms with van der Waals surface area (Å²) in [5.74, 6) is -0.514. The fourth-order valence-electron chi connectivity index (χ4n) is 2.82. The van der Waals surface area contributed by atoms with Crippen LogP contribution in [0.2, 0.25) is 0 Å². The second kappa shape index (κ2) is 7.99. The van der Waals surface area contributed by atoms with Crippen molar-refractivity contribution in [1.82, 2.24) is 24.7 Å². The van der Waals surface area contributed by atoms with Gasteiger partial charge in [-0.25, -0.2) is 9.31 Å². The molecule has 0 unspecified atom stereocenters. The molecular formula is C20H23N5O2. The Balaban J connectivity index is 2.30. The molecule has 0 bridgehead atoms. The van der Waals surface area contributed by atoms with Gasteiger partial charge in [-0.05, 0) is 25.0 Å². The van der Waals surface area contributed by atoms with E-state index >= 15 is 0 Å². The summed E-state index contributed by atoms with van der Waals surface area (Å²) < 4.78 is 6.82. The third-order valence-electron chi connectivity index (χ3n) is 4.05. The SMILES string of the molecule is CCOC(=O)c1nnc2c(-c3ccccc3)c(CC)nn2c1/C=C/N(C)C. The van der Waals surface area contributed by atoms with Gasteiger partial charge in [0.15, 0.2) is 11.3 Å². The van der Waals surface area contributed by atoms with E-state index in [0.29, 0.717) is 11.3 Å². The van der Waals surface area contributed by atoms with Crippen molar-refractivity contribution in [2.75, 3.05) is 20.7 Å². The standard InChI is InChI=1S/C20H23N5O2/c1-5-15-17(14-10-8-7-9-11-14)19-22-21-18(20(26)27-6-2)16(25(19)23-15)12-13-24(3)4/h7-13H,5-6H2,1-4H3/b13-12+. The molecule has 0 amide bonds. The zero-order valence-corrected chi connectivity index (χ0v) is 16.0. The lowest BCUT2D eigenvalue weighted by Gasteiger charge is -2.08. The fourth-order valence-corrected chi connectivity index (χ4v) is 2.82. The van der Waals surface area contributed by atoms with Crippen LogP contribution < -0.4 is 0 Å². The maximum atomic E-state index is 12.4. The molecule has 0 aliphatic carbocycles. The maximum absolute atomic E-state index is 12.4. The lowest BCUT2D eigenvalue weighted by Crippen LogP contribution is -2.14. The molecule has 0 atom stereocenters. The van der Waals surface area contributed by atoms with Crippen LogP contribution >= 0.6 is 0 Å². The molecule has 0 saturated heterocycles. The number of fused-ring (bicyclic) bond motifs is 1.